The molecule has 9 N–H and O–H groups in total. The lowest BCUT2D eigenvalue weighted by molar-refractivity contribution is -0.383. The highest BCUT2D eigenvalue weighted by Crippen LogP contribution is 2.35. The van der Waals surface area contributed by atoms with E-state index in [1.54, 1.807) is 0 Å². The Morgan fingerprint density at radius 3 is 1.29 bits per heavy atom. The largest absolute Gasteiger partial charge is 0.394 e. The van der Waals surface area contributed by atoms with E-state index in [2.05, 4.69) is 0 Å². The van der Waals surface area contributed by atoms with Crippen LogP contribution in [0.2, 0.25) is 0 Å². The maximum absolute atomic E-state index is 11.0. The van der Waals surface area contributed by atoms with E-state index in [9.17, 15) is 46.0 Å². The fourth-order valence-electron chi connectivity index (χ4n) is 5.70. The van der Waals surface area contributed by atoms with Gasteiger partial charge in [0.05, 0.1) is 31.5 Å². The predicted octanol–water partition coefficient (Wildman–Crippen LogP) is -2.76. The summed E-state index contributed by atoms with van der Waals surface area (Å²) in [6.45, 7) is 7.34. The van der Waals surface area contributed by atoms with Crippen molar-refractivity contribution in [2.75, 3.05) is 19.8 Å². The molecule has 16 nitrogen and oxygen atoms in total. The third-order valence-corrected chi connectivity index (χ3v) is 9.20. The molecule has 0 aromatic heterocycles. The summed E-state index contributed by atoms with van der Waals surface area (Å²) < 4.78 is 40.3. The molecule has 3 fully saturated rings. The Kier molecular flexibility index (Phi) is 14.8. The summed E-state index contributed by atoms with van der Waals surface area (Å²) in [4.78, 5) is 0. The lowest BCUT2D eigenvalue weighted by Gasteiger charge is -2.49. The van der Waals surface area contributed by atoms with Crippen molar-refractivity contribution in [1.82, 2.24) is 0 Å². The molecule has 45 heavy (non-hydrogen) atoms. The van der Waals surface area contributed by atoms with Crippen LogP contribution in [0.25, 0.3) is 0 Å². The fraction of sp³-hybridized carbons (Fsp3) is 1.00. The van der Waals surface area contributed by atoms with E-state index in [-0.39, 0.29) is 6.10 Å². The Morgan fingerprint density at radius 2 is 0.911 bits per heavy atom. The molecule has 0 saturated carbocycles. The van der Waals surface area contributed by atoms with Crippen LogP contribution >= 0.6 is 0 Å². The number of aliphatic hydroxyl groups is 9. The third-order valence-electron chi connectivity index (χ3n) is 9.20. The van der Waals surface area contributed by atoms with Crippen LogP contribution in [0.3, 0.4) is 0 Å². The molecule has 15 unspecified atom stereocenters. The minimum atomic E-state index is -1.87. The van der Waals surface area contributed by atoms with Crippen molar-refractivity contribution in [3.63, 3.8) is 0 Å². The second-order valence-corrected chi connectivity index (χ2v) is 12.1. The van der Waals surface area contributed by atoms with Gasteiger partial charge in [0, 0.05) is 0 Å². The van der Waals surface area contributed by atoms with Crippen molar-refractivity contribution >= 4 is 0 Å². The SMILES string of the molecule is CCC(CC)OC1OC(CO)C(OC2OC(CO)C(OC3OC(CO)C(OC(C)(CC)CC)C(O)C3O)C(O)C2O)C(O)C1O. The molecule has 3 heterocycles. The Morgan fingerprint density at radius 1 is 0.556 bits per heavy atom. The minimum absolute atomic E-state index is 0.277. The van der Waals surface area contributed by atoms with Gasteiger partial charge in [-0.1, -0.05) is 27.7 Å². The van der Waals surface area contributed by atoms with E-state index in [1.807, 2.05) is 34.6 Å². The van der Waals surface area contributed by atoms with Crippen LogP contribution < -0.4 is 0 Å². The average molecular weight is 659 g/mol. The summed E-state index contributed by atoms with van der Waals surface area (Å²) >= 11 is 0. The van der Waals surface area contributed by atoms with Crippen LogP contribution in [-0.2, 0) is 33.2 Å². The van der Waals surface area contributed by atoms with Crippen LogP contribution in [0, 0.1) is 0 Å². The lowest BCUT2D eigenvalue weighted by atomic mass is 9.94. The maximum atomic E-state index is 11.0. The van der Waals surface area contributed by atoms with Crippen LogP contribution in [0.5, 0.6) is 0 Å². The normalized spacial score (nSPS) is 43.1. The Balaban J connectivity index is 1.71. The van der Waals surface area contributed by atoms with Gasteiger partial charge >= 0.3 is 0 Å². The first-order chi connectivity index (χ1) is 21.3. The second kappa shape index (κ2) is 17.1. The van der Waals surface area contributed by atoms with Crippen molar-refractivity contribution in [3.8, 4) is 0 Å². The molecule has 3 aliphatic heterocycles. The molecule has 0 aromatic rings. The third kappa shape index (κ3) is 8.70. The van der Waals surface area contributed by atoms with E-state index in [0.717, 1.165) is 0 Å². The van der Waals surface area contributed by atoms with Gasteiger partial charge in [-0.2, -0.15) is 0 Å². The molecule has 15 atom stereocenters. The number of rotatable bonds is 15. The van der Waals surface area contributed by atoms with E-state index in [1.165, 1.54) is 0 Å². The van der Waals surface area contributed by atoms with Crippen molar-refractivity contribution < 1.29 is 79.1 Å². The molecule has 3 rings (SSSR count). The summed E-state index contributed by atoms with van der Waals surface area (Å²) in [6.07, 6.45) is -20.6. The first-order valence-corrected chi connectivity index (χ1v) is 15.8. The van der Waals surface area contributed by atoms with Crippen molar-refractivity contribution in [2.24, 2.45) is 0 Å². The van der Waals surface area contributed by atoms with Gasteiger partial charge in [-0.25, -0.2) is 0 Å². The summed E-state index contributed by atoms with van der Waals surface area (Å²) in [5.74, 6) is 0. The molecule has 0 aliphatic carbocycles. The molecule has 0 spiro atoms. The Hall–Kier alpha value is -0.640. The number of aliphatic hydroxyl groups excluding tert-OH is 9. The molecule has 266 valence electrons. The van der Waals surface area contributed by atoms with E-state index < -0.39 is 118 Å². The molecule has 3 saturated heterocycles. The second-order valence-electron chi connectivity index (χ2n) is 12.1. The van der Waals surface area contributed by atoms with Gasteiger partial charge in [-0.3, -0.25) is 0 Å². The summed E-state index contributed by atoms with van der Waals surface area (Å²) in [7, 11) is 0. The van der Waals surface area contributed by atoms with E-state index in [4.69, 9.17) is 33.2 Å². The molecule has 0 bridgehead atoms. The first-order valence-electron chi connectivity index (χ1n) is 15.8. The van der Waals surface area contributed by atoms with Crippen LogP contribution in [0.4, 0.5) is 0 Å². The molecular weight excluding hydrogens is 604 g/mol. The van der Waals surface area contributed by atoms with E-state index in [0.29, 0.717) is 25.7 Å². The zero-order chi connectivity index (χ0) is 33.6. The van der Waals surface area contributed by atoms with Crippen molar-refractivity contribution in [1.29, 1.82) is 0 Å². The van der Waals surface area contributed by atoms with Crippen LogP contribution in [0.1, 0.15) is 60.3 Å². The average Bonchev–Trinajstić information content (AvgIpc) is 3.05. The molecule has 3 aliphatic rings. The summed E-state index contributed by atoms with van der Waals surface area (Å²) in [6, 6.07) is 0. The number of hydrogen-bond donors (Lipinski definition) is 9. The summed E-state index contributed by atoms with van der Waals surface area (Å²) in [5.41, 5.74) is -0.673. The van der Waals surface area contributed by atoms with Crippen LogP contribution in [-0.4, -0.2) is 170 Å². The molecule has 16 heteroatoms. The smallest absolute Gasteiger partial charge is 0.187 e. The minimum Gasteiger partial charge on any atom is -0.394 e. The Bertz CT molecular complexity index is 854. The molecule has 0 aromatic carbocycles. The van der Waals surface area contributed by atoms with Gasteiger partial charge < -0.3 is 79.1 Å². The van der Waals surface area contributed by atoms with Crippen molar-refractivity contribution in [3.05, 3.63) is 0 Å². The fourth-order valence-corrected chi connectivity index (χ4v) is 5.70. The van der Waals surface area contributed by atoms with Gasteiger partial charge in [0.2, 0.25) is 0 Å². The van der Waals surface area contributed by atoms with Gasteiger partial charge in [-0.15, -0.1) is 0 Å². The quantitative estimate of drug-likeness (QED) is 0.0865. The molecule has 0 amide bonds. The highest BCUT2D eigenvalue weighted by Gasteiger charge is 2.54. The standard InChI is InChI=1S/C29H54O16/c1-6-13(7-2)39-26-20(36)17(33)23(14(10-30)40-26)43-27-21(37)18(34)24(15(11-31)41-27)44-28-22(38)19(35)25(16(12-32)42-28)45-29(5,8-3)9-4/h13-28,30-38H,6-12H2,1-5H3. The van der Waals surface area contributed by atoms with Crippen LogP contribution in [0.15, 0.2) is 0 Å². The van der Waals surface area contributed by atoms with Gasteiger partial charge in [0.25, 0.3) is 0 Å². The first kappa shape index (κ1) is 38.8. The Labute approximate surface area is 263 Å². The van der Waals surface area contributed by atoms with E-state index >= 15 is 0 Å². The number of ether oxygens (including phenoxy) is 7. The highest BCUT2D eigenvalue weighted by atomic mass is 16.8. The van der Waals surface area contributed by atoms with Crippen molar-refractivity contribution in [2.45, 2.75) is 164 Å². The van der Waals surface area contributed by atoms with Gasteiger partial charge in [0.15, 0.2) is 18.9 Å². The van der Waals surface area contributed by atoms with Gasteiger partial charge in [-0.05, 0) is 32.6 Å². The highest BCUT2D eigenvalue weighted by molar-refractivity contribution is 4.97. The lowest BCUT2D eigenvalue weighted by Crippen LogP contribution is -2.67. The molecular formula is C29H54O16. The topological polar surface area (TPSA) is 247 Å². The molecule has 0 radical (unpaired) electrons. The zero-order valence-corrected chi connectivity index (χ0v) is 26.6. The summed E-state index contributed by atoms with van der Waals surface area (Å²) in [5, 5.41) is 95.2. The zero-order valence-electron chi connectivity index (χ0n) is 26.6. The monoisotopic (exact) mass is 658 g/mol. The number of hydrogen-bond acceptors (Lipinski definition) is 16. The van der Waals surface area contributed by atoms with Gasteiger partial charge in [0.1, 0.15) is 73.2 Å². The predicted molar refractivity (Wildman–Crippen MR) is 152 cm³/mol. The maximum Gasteiger partial charge on any atom is 0.187 e.